The van der Waals surface area contributed by atoms with Gasteiger partial charge in [-0.05, 0) is 48.2 Å². The van der Waals surface area contributed by atoms with E-state index in [0.29, 0.717) is 25.0 Å². The fourth-order valence-corrected chi connectivity index (χ4v) is 2.04. The highest BCUT2D eigenvalue weighted by molar-refractivity contribution is 5.72. The molecular formula is C20H24O4. The number of ether oxygens (including phenoxy) is 1. The molecule has 0 atom stereocenters. The lowest BCUT2D eigenvalue weighted by Crippen LogP contribution is -2.09. The van der Waals surface area contributed by atoms with Crippen LogP contribution in [0.25, 0.3) is 0 Å². The number of esters is 1. The van der Waals surface area contributed by atoms with Gasteiger partial charge in [0, 0.05) is 12.8 Å². The predicted molar refractivity (Wildman–Crippen MR) is 94.2 cm³/mol. The molecule has 0 saturated heterocycles. The van der Waals surface area contributed by atoms with Gasteiger partial charge in [-0.25, -0.2) is 0 Å². The number of aromatic hydroxyl groups is 1. The molecule has 0 aliphatic heterocycles. The summed E-state index contributed by atoms with van der Waals surface area (Å²) in [7, 11) is 0. The maximum absolute atomic E-state index is 11.8. The van der Waals surface area contributed by atoms with Crippen LogP contribution in [-0.4, -0.2) is 17.4 Å². The number of carbonyl (C=O) groups is 2. The second-order valence-corrected chi connectivity index (χ2v) is 4.99. The van der Waals surface area contributed by atoms with Crippen molar-refractivity contribution in [1.29, 1.82) is 0 Å². The Morgan fingerprint density at radius 2 is 1.50 bits per heavy atom. The van der Waals surface area contributed by atoms with E-state index >= 15 is 0 Å². The van der Waals surface area contributed by atoms with Gasteiger partial charge in [-0.2, -0.15) is 0 Å². The van der Waals surface area contributed by atoms with E-state index in [1.165, 1.54) is 0 Å². The Hall–Kier alpha value is -2.62. The lowest BCUT2D eigenvalue weighted by molar-refractivity contribution is -0.134. The van der Waals surface area contributed by atoms with Crippen molar-refractivity contribution < 1.29 is 19.4 Å². The number of phenolic OH excluding ortho intramolecular Hbond substituents is 1. The van der Waals surface area contributed by atoms with Gasteiger partial charge in [-0.15, -0.1) is 0 Å². The Morgan fingerprint density at radius 3 is 2.08 bits per heavy atom. The molecule has 4 heteroatoms. The monoisotopic (exact) mass is 328 g/mol. The van der Waals surface area contributed by atoms with Gasteiger partial charge in [0.05, 0.1) is 0 Å². The number of hydrogen-bond donors (Lipinski definition) is 1. The highest BCUT2D eigenvalue weighted by Crippen LogP contribution is 2.15. The number of carbonyl (C=O) groups excluding carboxylic acids is 2. The molecule has 0 bridgehead atoms. The third kappa shape index (κ3) is 7.09. The summed E-state index contributed by atoms with van der Waals surface area (Å²) in [6, 6.07) is 13.9. The standard InChI is InChI=1S/C18H18O4.C2H6/c19-13-1-2-14-5-10-17(11-6-14)22-18(21)12-7-15-3-8-16(20)9-4-15;1-2/h3-6,8-11,13,20H,1-2,7,12H2;1-2H3. The second-order valence-electron chi connectivity index (χ2n) is 4.99. The first kappa shape index (κ1) is 19.4. The van der Waals surface area contributed by atoms with Crippen LogP contribution in [0.1, 0.15) is 37.8 Å². The van der Waals surface area contributed by atoms with Crippen molar-refractivity contribution >= 4 is 12.3 Å². The van der Waals surface area contributed by atoms with Crippen molar-refractivity contribution in [2.45, 2.75) is 39.5 Å². The normalized spacial score (nSPS) is 9.58. The van der Waals surface area contributed by atoms with Gasteiger partial charge >= 0.3 is 5.97 Å². The summed E-state index contributed by atoms with van der Waals surface area (Å²) in [5.74, 6) is 0.417. The van der Waals surface area contributed by atoms with Crippen LogP contribution < -0.4 is 4.74 Å². The fraction of sp³-hybridized carbons (Fsp3) is 0.300. The summed E-state index contributed by atoms with van der Waals surface area (Å²) in [5.41, 5.74) is 2.01. The highest BCUT2D eigenvalue weighted by atomic mass is 16.5. The predicted octanol–water partition coefficient (Wildman–Crippen LogP) is 4.09. The van der Waals surface area contributed by atoms with E-state index in [-0.39, 0.29) is 18.1 Å². The van der Waals surface area contributed by atoms with Crippen LogP contribution in [0.4, 0.5) is 0 Å². The molecule has 0 aliphatic rings. The van der Waals surface area contributed by atoms with Gasteiger partial charge < -0.3 is 14.6 Å². The van der Waals surface area contributed by atoms with Gasteiger partial charge in [0.1, 0.15) is 17.8 Å². The molecule has 24 heavy (non-hydrogen) atoms. The Morgan fingerprint density at radius 1 is 0.958 bits per heavy atom. The SMILES string of the molecule is CC.O=CCCc1ccc(OC(=O)CCc2ccc(O)cc2)cc1. The number of phenols is 1. The van der Waals surface area contributed by atoms with Crippen molar-refractivity contribution in [2.24, 2.45) is 0 Å². The minimum atomic E-state index is -0.297. The van der Waals surface area contributed by atoms with Crippen molar-refractivity contribution in [3.8, 4) is 11.5 Å². The molecule has 0 unspecified atom stereocenters. The summed E-state index contributed by atoms with van der Waals surface area (Å²) >= 11 is 0. The fourth-order valence-electron chi connectivity index (χ4n) is 2.04. The molecule has 0 radical (unpaired) electrons. The number of aldehydes is 1. The van der Waals surface area contributed by atoms with Crippen LogP contribution in [0, 0.1) is 0 Å². The molecule has 2 aromatic carbocycles. The highest BCUT2D eigenvalue weighted by Gasteiger charge is 2.06. The van der Waals surface area contributed by atoms with Gasteiger partial charge in [-0.1, -0.05) is 38.1 Å². The van der Waals surface area contributed by atoms with Crippen LogP contribution in [0.15, 0.2) is 48.5 Å². The maximum Gasteiger partial charge on any atom is 0.311 e. The van der Waals surface area contributed by atoms with Crippen molar-refractivity contribution in [3.05, 3.63) is 59.7 Å². The van der Waals surface area contributed by atoms with Gasteiger partial charge in [-0.3, -0.25) is 4.79 Å². The largest absolute Gasteiger partial charge is 0.508 e. The van der Waals surface area contributed by atoms with Gasteiger partial charge in [0.15, 0.2) is 0 Å². The Balaban J connectivity index is 0.00000139. The molecule has 0 saturated carbocycles. The molecule has 0 fully saturated rings. The van der Waals surface area contributed by atoms with E-state index in [2.05, 4.69) is 0 Å². The van der Waals surface area contributed by atoms with Crippen LogP contribution in [0.5, 0.6) is 11.5 Å². The van der Waals surface area contributed by atoms with Crippen LogP contribution in [0.3, 0.4) is 0 Å². The molecule has 0 spiro atoms. The minimum absolute atomic E-state index is 0.209. The van der Waals surface area contributed by atoms with E-state index in [9.17, 15) is 14.7 Å². The number of benzene rings is 2. The van der Waals surface area contributed by atoms with Crippen LogP contribution in [-0.2, 0) is 22.4 Å². The molecule has 2 rings (SSSR count). The van der Waals surface area contributed by atoms with Crippen LogP contribution in [0.2, 0.25) is 0 Å². The zero-order chi connectivity index (χ0) is 17.8. The maximum atomic E-state index is 11.8. The molecule has 0 aromatic heterocycles. The average Bonchev–Trinajstić information content (AvgIpc) is 2.62. The third-order valence-corrected chi connectivity index (χ3v) is 3.26. The molecule has 128 valence electrons. The van der Waals surface area contributed by atoms with E-state index in [0.717, 1.165) is 17.4 Å². The van der Waals surface area contributed by atoms with E-state index in [1.54, 1.807) is 36.4 Å². The first-order valence-electron chi connectivity index (χ1n) is 8.18. The lowest BCUT2D eigenvalue weighted by atomic mass is 10.1. The first-order valence-corrected chi connectivity index (χ1v) is 8.18. The summed E-state index contributed by atoms with van der Waals surface area (Å²) < 4.78 is 5.26. The molecule has 1 N–H and O–H groups in total. The second kappa shape index (κ2) is 11.0. The zero-order valence-electron chi connectivity index (χ0n) is 14.2. The third-order valence-electron chi connectivity index (χ3n) is 3.26. The van der Waals surface area contributed by atoms with Gasteiger partial charge in [0.25, 0.3) is 0 Å². The van der Waals surface area contributed by atoms with Crippen LogP contribution >= 0.6 is 0 Å². The Kier molecular flexibility index (Phi) is 8.90. The van der Waals surface area contributed by atoms with Crippen molar-refractivity contribution in [2.75, 3.05) is 0 Å². The Bertz CT molecular complexity index is 615. The molecule has 0 heterocycles. The summed E-state index contributed by atoms with van der Waals surface area (Å²) in [4.78, 5) is 22.1. The summed E-state index contributed by atoms with van der Waals surface area (Å²) in [6.45, 7) is 4.00. The summed E-state index contributed by atoms with van der Waals surface area (Å²) in [5, 5.41) is 9.19. The van der Waals surface area contributed by atoms with E-state index in [4.69, 9.17) is 4.74 Å². The topological polar surface area (TPSA) is 63.6 Å². The molecule has 4 nitrogen and oxygen atoms in total. The average molecular weight is 328 g/mol. The molecular weight excluding hydrogens is 304 g/mol. The smallest absolute Gasteiger partial charge is 0.311 e. The summed E-state index contributed by atoms with van der Waals surface area (Å²) in [6.07, 6.45) is 2.91. The number of aryl methyl sites for hydroxylation is 2. The van der Waals surface area contributed by atoms with Crippen molar-refractivity contribution in [3.63, 3.8) is 0 Å². The molecule has 0 aliphatic carbocycles. The molecule has 0 amide bonds. The van der Waals surface area contributed by atoms with Gasteiger partial charge in [0.2, 0.25) is 0 Å². The molecule has 2 aromatic rings. The number of hydrogen-bond acceptors (Lipinski definition) is 4. The number of rotatable bonds is 7. The van der Waals surface area contributed by atoms with E-state index < -0.39 is 0 Å². The lowest BCUT2D eigenvalue weighted by Gasteiger charge is -2.06. The first-order chi connectivity index (χ1) is 11.7. The minimum Gasteiger partial charge on any atom is -0.508 e. The van der Waals surface area contributed by atoms with E-state index in [1.807, 2.05) is 26.0 Å². The quantitative estimate of drug-likeness (QED) is 0.472. The zero-order valence-corrected chi connectivity index (χ0v) is 14.2. The van der Waals surface area contributed by atoms with Crippen molar-refractivity contribution in [1.82, 2.24) is 0 Å². The Labute approximate surface area is 143 Å².